The number of unbranched alkanes of at least 4 members (excludes halogenated alkanes) is 6. The molecular weight excluding hydrogens is 431 g/mol. The second-order valence-corrected chi connectivity index (χ2v) is 11.6. The average Bonchev–Trinajstić information content (AvgIpc) is 2.68. The summed E-state index contributed by atoms with van der Waals surface area (Å²) < 4.78 is 62.8. The number of para-hydroxylation sites is 1. The van der Waals surface area contributed by atoms with Gasteiger partial charge in [-0.25, -0.2) is 13.4 Å². The fourth-order valence-corrected chi connectivity index (χ4v) is 5.28. The van der Waals surface area contributed by atoms with Gasteiger partial charge in [-0.3, -0.25) is 0 Å². The van der Waals surface area contributed by atoms with Crippen LogP contribution in [0.5, 0.6) is 0 Å². The summed E-state index contributed by atoms with van der Waals surface area (Å²) in [5, 5.41) is 0.451. The van der Waals surface area contributed by atoms with Gasteiger partial charge in [0.1, 0.15) is 5.69 Å². The van der Waals surface area contributed by atoms with Crippen LogP contribution in [0.1, 0.15) is 64.5 Å². The molecule has 0 saturated carbocycles. The molecule has 0 spiro atoms. The van der Waals surface area contributed by atoms with Crippen LogP contribution in [-0.4, -0.2) is 30.2 Å². The van der Waals surface area contributed by atoms with Crippen molar-refractivity contribution >= 4 is 32.5 Å². The highest BCUT2D eigenvalue weighted by molar-refractivity contribution is 7.99. The third-order valence-corrected chi connectivity index (χ3v) is 8.45. The topological polar surface area (TPSA) is 47.0 Å². The van der Waals surface area contributed by atoms with Crippen molar-refractivity contribution in [3.05, 3.63) is 36.0 Å². The first kappa shape index (κ1) is 25.0. The van der Waals surface area contributed by atoms with Crippen molar-refractivity contribution < 1.29 is 21.6 Å². The third-order valence-electron chi connectivity index (χ3n) is 5.02. The van der Waals surface area contributed by atoms with Gasteiger partial charge in [-0.1, -0.05) is 50.3 Å². The van der Waals surface area contributed by atoms with Crippen molar-refractivity contribution in [2.45, 2.75) is 75.1 Å². The van der Waals surface area contributed by atoms with Crippen LogP contribution in [0.3, 0.4) is 0 Å². The number of nitrogens with zero attached hydrogens (tertiary/aromatic N) is 1. The van der Waals surface area contributed by atoms with E-state index in [1.54, 1.807) is 26.0 Å². The van der Waals surface area contributed by atoms with Gasteiger partial charge in [0, 0.05) is 10.3 Å². The molecule has 1 aromatic carbocycles. The zero-order chi connectivity index (χ0) is 22.2. The lowest BCUT2D eigenvalue weighted by Gasteiger charge is -2.11. The molecule has 0 N–H and O–H groups in total. The van der Waals surface area contributed by atoms with E-state index in [2.05, 4.69) is 4.98 Å². The molecule has 8 heteroatoms. The quantitative estimate of drug-likeness (QED) is 0.255. The van der Waals surface area contributed by atoms with Crippen molar-refractivity contribution in [3.8, 4) is 0 Å². The molecule has 0 unspecified atom stereocenters. The molecule has 0 bridgehead atoms. The van der Waals surface area contributed by atoms with Crippen LogP contribution in [0.25, 0.3) is 10.9 Å². The van der Waals surface area contributed by atoms with Crippen molar-refractivity contribution in [2.24, 2.45) is 0 Å². The Morgan fingerprint density at radius 2 is 1.57 bits per heavy atom. The molecule has 1 aromatic heterocycles. The molecule has 0 aliphatic heterocycles. The summed E-state index contributed by atoms with van der Waals surface area (Å²) >= 11 is 1.45. The second kappa shape index (κ2) is 11.4. The molecule has 0 aliphatic rings. The van der Waals surface area contributed by atoms with Crippen LogP contribution >= 0.6 is 11.8 Å². The van der Waals surface area contributed by atoms with E-state index in [-0.39, 0.29) is 11.0 Å². The summed E-state index contributed by atoms with van der Waals surface area (Å²) in [5.74, 6) is 1.03. The van der Waals surface area contributed by atoms with Gasteiger partial charge in [-0.2, -0.15) is 13.2 Å². The minimum absolute atomic E-state index is 0.265. The Bertz CT molecular complexity index is 912. The maximum atomic E-state index is 13.1. The van der Waals surface area contributed by atoms with Gasteiger partial charge in [0.25, 0.3) is 0 Å². The lowest BCUT2D eigenvalue weighted by molar-refractivity contribution is -0.141. The Balaban J connectivity index is 1.71. The standard InChI is InChI=1S/C22H30F3NO2S2/c1-17(2)30(27,28)15-11-7-5-3-4-6-10-14-29-20-16-21(22(23,24)25)26-19-13-9-8-12-18(19)20/h8-9,12-13,16-17H,3-7,10-11,14-15H2,1-2H3. The molecule has 1 heterocycles. The number of thioether (sulfide) groups is 1. The molecule has 30 heavy (non-hydrogen) atoms. The smallest absolute Gasteiger partial charge is 0.243 e. The highest BCUT2D eigenvalue weighted by Gasteiger charge is 2.33. The summed E-state index contributed by atoms with van der Waals surface area (Å²) in [6, 6.07) is 8.08. The molecule has 0 radical (unpaired) electrons. The lowest BCUT2D eigenvalue weighted by atomic mass is 10.1. The maximum Gasteiger partial charge on any atom is 0.433 e. The number of hydrogen-bond donors (Lipinski definition) is 0. The molecule has 0 fully saturated rings. The Hall–Kier alpha value is -1.28. The molecule has 168 valence electrons. The lowest BCUT2D eigenvalue weighted by Crippen LogP contribution is -2.17. The molecule has 2 rings (SSSR count). The first-order valence-electron chi connectivity index (χ1n) is 10.4. The van der Waals surface area contributed by atoms with Crippen molar-refractivity contribution in [2.75, 3.05) is 11.5 Å². The fourth-order valence-electron chi connectivity index (χ4n) is 3.12. The van der Waals surface area contributed by atoms with Gasteiger partial charge in [0.05, 0.1) is 16.5 Å². The predicted molar refractivity (Wildman–Crippen MR) is 119 cm³/mol. The van der Waals surface area contributed by atoms with Gasteiger partial charge in [-0.15, -0.1) is 11.8 Å². The summed E-state index contributed by atoms with van der Waals surface area (Å²) in [7, 11) is -2.94. The first-order valence-corrected chi connectivity index (χ1v) is 13.1. The molecule has 0 amide bonds. The van der Waals surface area contributed by atoms with Gasteiger partial charge in [0.15, 0.2) is 9.84 Å². The minimum atomic E-state index is -4.45. The number of benzene rings is 1. The molecule has 0 aliphatic carbocycles. The Morgan fingerprint density at radius 3 is 2.20 bits per heavy atom. The van der Waals surface area contributed by atoms with Crippen LogP contribution < -0.4 is 0 Å². The first-order chi connectivity index (χ1) is 14.1. The number of fused-ring (bicyclic) bond motifs is 1. The molecule has 3 nitrogen and oxygen atoms in total. The van der Waals surface area contributed by atoms with Crippen LogP contribution in [0.15, 0.2) is 35.2 Å². The summed E-state index contributed by atoms with van der Waals surface area (Å²) in [5.41, 5.74) is -0.475. The zero-order valence-electron chi connectivity index (χ0n) is 17.5. The average molecular weight is 462 g/mol. The molecule has 0 saturated heterocycles. The molecular formula is C22H30F3NO2S2. The number of pyridine rings is 1. The van der Waals surface area contributed by atoms with E-state index in [0.717, 1.165) is 55.7 Å². The highest BCUT2D eigenvalue weighted by atomic mass is 32.2. The van der Waals surface area contributed by atoms with Crippen molar-refractivity contribution in [1.82, 2.24) is 4.98 Å². The van der Waals surface area contributed by atoms with E-state index in [9.17, 15) is 21.6 Å². The maximum absolute atomic E-state index is 13.1. The van der Waals surface area contributed by atoms with Gasteiger partial charge >= 0.3 is 6.18 Å². The zero-order valence-corrected chi connectivity index (χ0v) is 19.2. The number of rotatable bonds is 12. The molecule has 2 aromatic rings. The van der Waals surface area contributed by atoms with Gasteiger partial charge in [-0.05, 0) is 44.6 Å². The van der Waals surface area contributed by atoms with E-state index in [4.69, 9.17) is 0 Å². The normalized spacial score (nSPS) is 12.7. The summed E-state index contributed by atoms with van der Waals surface area (Å²) in [6.07, 6.45) is 2.28. The minimum Gasteiger partial charge on any atom is -0.243 e. The van der Waals surface area contributed by atoms with Gasteiger partial charge < -0.3 is 0 Å². The second-order valence-electron chi connectivity index (χ2n) is 7.76. The fraction of sp³-hybridized carbons (Fsp3) is 0.591. The van der Waals surface area contributed by atoms with E-state index in [1.807, 2.05) is 12.1 Å². The van der Waals surface area contributed by atoms with Crippen molar-refractivity contribution in [1.29, 1.82) is 0 Å². The van der Waals surface area contributed by atoms with E-state index in [1.165, 1.54) is 11.8 Å². The van der Waals surface area contributed by atoms with Gasteiger partial charge in [0.2, 0.25) is 0 Å². The number of hydrogen-bond acceptors (Lipinski definition) is 4. The number of aromatic nitrogens is 1. The monoisotopic (exact) mass is 461 g/mol. The van der Waals surface area contributed by atoms with E-state index in [0.29, 0.717) is 16.8 Å². The predicted octanol–water partition coefficient (Wildman–Crippen LogP) is 6.90. The summed E-state index contributed by atoms with van der Waals surface area (Å²) in [6.45, 7) is 3.43. The van der Waals surface area contributed by atoms with Crippen molar-refractivity contribution in [3.63, 3.8) is 0 Å². The molecule has 0 atom stereocenters. The highest BCUT2D eigenvalue weighted by Crippen LogP contribution is 2.35. The Kier molecular flexibility index (Phi) is 9.47. The largest absolute Gasteiger partial charge is 0.433 e. The Morgan fingerprint density at radius 1 is 0.967 bits per heavy atom. The Labute approximate surface area is 181 Å². The number of halogens is 3. The van der Waals surface area contributed by atoms with E-state index < -0.39 is 21.7 Å². The number of alkyl halides is 3. The third kappa shape index (κ3) is 7.76. The SMILES string of the molecule is CC(C)S(=O)(=O)CCCCCCCCCSc1cc(C(F)(F)F)nc2ccccc12. The van der Waals surface area contributed by atoms with Crippen LogP contribution in [0.4, 0.5) is 13.2 Å². The van der Waals surface area contributed by atoms with E-state index >= 15 is 0 Å². The number of sulfone groups is 1. The van der Waals surface area contributed by atoms with Crippen LogP contribution in [0, 0.1) is 0 Å². The van der Waals surface area contributed by atoms with Crippen LogP contribution in [-0.2, 0) is 16.0 Å². The van der Waals surface area contributed by atoms with Crippen LogP contribution in [0.2, 0.25) is 0 Å². The summed E-state index contributed by atoms with van der Waals surface area (Å²) in [4.78, 5) is 4.37.